The molecule has 0 atom stereocenters. The molecule has 26 heavy (non-hydrogen) atoms. The number of aryl methyl sites for hydroxylation is 1. The molecule has 0 saturated carbocycles. The lowest BCUT2D eigenvalue weighted by molar-refractivity contribution is 0.101. The topological polar surface area (TPSA) is 39.1 Å². The zero-order valence-electron chi connectivity index (χ0n) is 14.7. The number of fused-ring (bicyclic) bond motifs is 3. The van der Waals surface area contributed by atoms with E-state index in [0.29, 0.717) is 11.1 Å². The van der Waals surface area contributed by atoms with Crippen LogP contribution in [-0.4, -0.2) is 27.9 Å². The van der Waals surface area contributed by atoms with Crippen molar-refractivity contribution in [2.75, 3.05) is 11.8 Å². The first-order chi connectivity index (χ1) is 12.6. The summed E-state index contributed by atoms with van der Waals surface area (Å²) in [5.41, 5.74) is 3.32. The molecule has 3 rings (SSSR count). The van der Waals surface area contributed by atoms with E-state index in [0.717, 1.165) is 47.6 Å². The summed E-state index contributed by atoms with van der Waals surface area (Å²) < 4.78 is 2.27. The quantitative estimate of drug-likeness (QED) is 0.276. The average molecular weight is 390 g/mol. The first kappa shape index (κ1) is 18.9. The number of carbonyl (C=O) groups is 2. The van der Waals surface area contributed by atoms with Crippen molar-refractivity contribution in [3.63, 3.8) is 0 Å². The zero-order chi connectivity index (χ0) is 18.7. The Morgan fingerprint density at radius 1 is 0.846 bits per heavy atom. The number of aromatic nitrogens is 1. The molecule has 0 N–H and O–H groups in total. The Morgan fingerprint density at radius 3 is 1.77 bits per heavy atom. The summed E-state index contributed by atoms with van der Waals surface area (Å²) in [6.45, 7) is 3.08. The number of rotatable bonds is 8. The van der Waals surface area contributed by atoms with Crippen molar-refractivity contribution in [1.29, 1.82) is 0 Å². The van der Waals surface area contributed by atoms with E-state index < -0.39 is 0 Å². The fourth-order valence-corrected chi connectivity index (χ4v) is 3.67. The number of hydrogen-bond donors (Lipinski definition) is 0. The molecule has 0 amide bonds. The van der Waals surface area contributed by atoms with Gasteiger partial charge in [-0.15, -0.1) is 23.2 Å². The van der Waals surface area contributed by atoms with Crippen molar-refractivity contribution in [3.05, 3.63) is 47.5 Å². The third-order valence-corrected chi connectivity index (χ3v) is 5.22. The molecule has 0 aliphatic carbocycles. The molecule has 0 saturated heterocycles. The van der Waals surface area contributed by atoms with Crippen LogP contribution in [-0.2, 0) is 6.54 Å². The highest BCUT2D eigenvalue weighted by atomic mass is 35.5. The predicted octanol–water partition coefficient (Wildman–Crippen LogP) is 5.83. The van der Waals surface area contributed by atoms with Gasteiger partial charge in [-0.25, -0.2) is 0 Å². The van der Waals surface area contributed by atoms with Crippen LogP contribution >= 0.6 is 23.2 Å². The van der Waals surface area contributed by atoms with Crippen molar-refractivity contribution in [3.8, 4) is 0 Å². The maximum absolute atomic E-state index is 12.0. The number of benzene rings is 2. The Kier molecular flexibility index (Phi) is 6.00. The predicted molar refractivity (Wildman–Crippen MR) is 109 cm³/mol. The number of ketones is 2. The van der Waals surface area contributed by atoms with E-state index in [9.17, 15) is 9.59 Å². The second-order valence-corrected chi connectivity index (χ2v) is 6.97. The molecule has 0 bridgehead atoms. The Bertz CT molecular complexity index is 902. The van der Waals surface area contributed by atoms with E-state index in [-0.39, 0.29) is 23.3 Å². The first-order valence-corrected chi connectivity index (χ1v) is 9.92. The van der Waals surface area contributed by atoms with Gasteiger partial charge in [-0.2, -0.15) is 0 Å². The van der Waals surface area contributed by atoms with Crippen LogP contribution in [0.5, 0.6) is 0 Å². The third-order valence-electron chi connectivity index (χ3n) is 4.74. The van der Waals surface area contributed by atoms with Gasteiger partial charge in [-0.3, -0.25) is 9.59 Å². The van der Waals surface area contributed by atoms with Crippen molar-refractivity contribution in [1.82, 2.24) is 4.57 Å². The number of hydrogen-bond acceptors (Lipinski definition) is 2. The SMILES string of the molecule is CCCCCn1c2ccc(C(=O)CCl)cc2c2cc(C(=O)CCl)ccc21. The number of nitrogens with zero attached hydrogens (tertiary/aromatic N) is 1. The number of carbonyl (C=O) groups excluding carboxylic acids is 2. The fourth-order valence-electron chi connectivity index (χ4n) is 3.37. The van der Waals surface area contributed by atoms with Gasteiger partial charge < -0.3 is 4.57 Å². The molecule has 1 aromatic heterocycles. The van der Waals surface area contributed by atoms with E-state index >= 15 is 0 Å². The van der Waals surface area contributed by atoms with Crippen LogP contribution in [0.1, 0.15) is 46.9 Å². The van der Waals surface area contributed by atoms with Gasteiger partial charge in [0.15, 0.2) is 11.6 Å². The monoisotopic (exact) mass is 389 g/mol. The maximum Gasteiger partial charge on any atom is 0.177 e. The van der Waals surface area contributed by atoms with Gasteiger partial charge >= 0.3 is 0 Å². The summed E-state index contributed by atoms with van der Waals surface area (Å²) in [7, 11) is 0. The molecule has 1 heterocycles. The van der Waals surface area contributed by atoms with Crippen LogP contribution in [0.25, 0.3) is 21.8 Å². The summed E-state index contributed by atoms with van der Waals surface area (Å²) in [5.74, 6) is -0.297. The molecule has 0 radical (unpaired) electrons. The first-order valence-electron chi connectivity index (χ1n) is 8.85. The van der Waals surface area contributed by atoms with Crippen LogP contribution in [0.3, 0.4) is 0 Å². The molecular formula is C21H21Cl2NO2. The normalized spacial score (nSPS) is 11.3. The van der Waals surface area contributed by atoms with Gasteiger partial charge in [-0.05, 0) is 42.8 Å². The largest absolute Gasteiger partial charge is 0.340 e. The van der Waals surface area contributed by atoms with E-state index in [1.54, 1.807) is 0 Å². The highest BCUT2D eigenvalue weighted by molar-refractivity contribution is 6.31. The lowest BCUT2D eigenvalue weighted by Gasteiger charge is -2.07. The molecule has 3 aromatic rings. The van der Waals surface area contributed by atoms with Crippen LogP contribution < -0.4 is 0 Å². The molecule has 3 nitrogen and oxygen atoms in total. The Labute approximate surface area is 162 Å². The van der Waals surface area contributed by atoms with E-state index in [1.165, 1.54) is 0 Å². The third kappa shape index (κ3) is 3.51. The molecule has 5 heteroatoms. The van der Waals surface area contributed by atoms with Crippen molar-refractivity contribution < 1.29 is 9.59 Å². The van der Waals surface area contributed by atoms with Crippen LogP contribution in [0.4, 0.5) is 0 Å². The maximum atomic E-state index is 12.0. The van der Waals surface area contributed by atoms with Crippen LogP contribution in [0, 0.1) is 0 Å². The minimum absolute atomic E-state index is 0.0450. The second-order valence-electron chi connectivity index (χ2n) is 6.44. The highest BCUT2D eigenvalue weighted by Crippen LogP contribution is 2.31. The minimum Gasteiger partial charge on any atom is -0.340 e. The number of halogens is 2. The average Bonchev–Trinajstić information content (AvgIpc) is 2.99. The Balaban J connectivity index is 2.23. The van der Waals surface area contributed by atoms with Crippen molar-refractivity contribution in [2.45, 2.75) is 32.7 Å². The number of unbranched alkanes of at least 4 members (excludes halogenated alkanes) is 2. The van der Waals surface area contributed by atoms with Gasteiger partial charge in [-0.1, -0.05) is 19.8 Å². The summed E-state index contributed by atoms with van der Waals surface area (Å²) >= 11 is 11.4. The summed E-state index contributed by atoms with van der Waals surface area (Å²) in [6.07, 6.45) is 3.40. The Hall–Kier alpha value is -1.84. The van der Waals surface area contributed by atoms with E-state index in [4.69, 9.17) is 23.2 Å². The minimum atomic E-state index is -0.103. The second kappa shape index (κ2) is 8.24. The van der Waals surface area contributed by atoms with E-state index in [1.807, 2.05) is 36.4 Å². The van der Waals surface area contributed by atoms with Gasteiger partial charge in [0.05, 0.1) is 11.8 Å². The summed E-state index contributed by atoms with van der Waals surface area (Å²) in [5, 5.41) is 1.94. The Morgan fingerprint density at radius 2 is 1.35 bits per heavy atom. The molecule has 2 aromatic carbocycles. The van der Waals surface area contributed by atoms with Crippen LogP contribution in [0.15, 0.2) is 36.4 Å². The van der Waals surface area contributed by atoms with Gasteiger partial charge in [0.2, 0.25) is 0 Å². The molecule has 0 aliphatic rings. The number of alkyl halides is 2. The molecule has 0 spiro atoms. The molecular weight excluding hydrogens is 369 g/mol. The van der Waals surface area contributed by atoms with Gasteiger partial charge in [0.1, 0.15) is 0 Å². The molecule has 0 aliphatic heterocycles. The lowest BCUT2D eigenvalue weighted by Crippen LogP contribution is -2.01. The van der Waals surface area contributed by atoms with Crippen LogP contribution in [0.2, 0.25) is 0 Å². The van der Waals surface area contributed by atoms with Crippen molar-refractivity contribution in [2.24, 2.45) is 0 Å². The summed E-state index contributed by atoms with van der Waals surface area (Å²) in [4.78, 5) is 24.0. The fraction of sp³-hybridized carbons (Fsp3) is 0.333. The molecule has 136 valence electrons. The van der Waals surface area contributed by atoms with Crippen molar-refractivity contribution >= 4 is 56.6 Å². The number of Topliss-reactive ketones (excluding diaryl/α,β-unsaturated/α-hetero) is 2. The smallest absolute Gasteiger partial charge is 0.177 e. The highest BCUT2D eigenvalue weighted by Gasteiger charge is 2.15. The lowest BCUT2D eigenvalue weighted by atomic mass is 10.0. The van der Waals surface area contributed by atoms with Gasteiger partial charge in [0.25, 0.3) is 0 Å². The molecule has 0 fully saturated rings. The standard InChI is InChI=1S/C21H21Cl2NO2/c1-2-3-4-9-24-18-7-5-14(20(25)12-22)10-16(18)17-11-15(21(26)13-23)6-8-19(17)24/h5-8,10-11H,2-4,9,12-13H2,1H3. The molecule has 0 unspecified atom stereocenters. The zero-order valence-corrected chi connectivity index (χ0v) is 16.2. The van der Waals surface area contributed by atoms with Gasteiger partial charge in [0, 0.05) is 39.5 Å². The summed E-state index contributed by atoms with van der Waals surface area (Å²) in [6, 6.07) is 11.4. The van der Waals surface area contributed by atoms with E-state index in [2.05, 4.69) is 11.5 Å².